The first-order valence-electron chi connectivity index (χ1n) is 8.48. The van der Waals surface area contributed by atoms with Crippen LogP contribution < -0.4 is 24.8 Å². The van der Waals surface area contributed by atoms with Crippen molar-refractivity contribution in [1.82, 2.24) is 10.6 Å². The van der Waals surface area contributed by atoms with Gasteiger partial charge in [-0.3, -0.25) is 4.99 Å². The molecule has 0 atom stereocenters. The van der Waals surface area contributed by atoms with E-state index in [1.807, 2.05) is 18.2 Å². The number of hydrogen-bond donors (Lipinski definition) is 2. The third-order valence-corrected chi connectivity index (χ3v) is 4.04. The molecule has 0 heterocycles. The average molecular weight is 514 g/mol. The number of halogens is 2. The largest absolute Gasteiger partial charge is 0.493 e. The van der Waals surface area contributed by atoms with E-state index < -0.39 is 5.82 Å². The second-order valence-electron chi connectivity index (χ2n) is 5.73. The van der Waals surface area contributed by atoms with Gasteiger partial charge in [-0.25, -0.2) is 4.39 Å². The topological polar surface area (TPSA) is 87.9 Å². The summed E-state index contributed by atoms with van der Waals surface area (Å²) < 4.78 is 30.0. The van der Waals surface area contributed by atoms with Gasteiger partial charge in [-0.1, -0.05) is 6.07 Å². The lowest BCUT2D eigenvalue weighted by molar-refractivity contribution is 0.323. The summed E-state index contributed by atoms with van der Waals surface area (Å²) in [5, 5.41) is 15.0. The highest BCUT2D eigenvalue weighted by molar-refractivity contribution is 14.0. The zero-order valence-electron chi connectivity index (χ0n) is 16.7. The molecule has 0 aromatic heterocycles. The lowest BCUT2D eigenvalue weighted by Gasteiger charge is -2.16. The van der Waals surface area contributed by atoms with Gasteiger partial charge in [-0.2, -0.15) is 5.26 Å². The fourth-order valence-electron chi connectivity index (χ4n) is 2.58. The molecule has 0 bridgehead atoms. The van der Waals surface area contributed by atoms with Gasteiger partial charge in [0.05, 0.1) is 33.0 Å². The van der Waals surface area contributed by atoms with Crippen LogP contribution in [0.1, 0.15) is 16.7 Å². The minimum atomic E-state index is -0.438. The lowest BCUT2D eigenvalue weighted by Crippen LogP contribution is -2.36. The summed E-state index contributed by atoms with van der Waals surface area (Å²) in [6.07, 6.45) is 0. The van der Waals surface area contributed by atoms with Crippen LogP contribution in [-0.4, -0.2) is 34.3 Å². The molecule has 29 heavy (non-hydrogen) atoms. The average Bonchev–Trinajstić information content (AvgIpc) is 2.73. The Morgan fingerprint density at radius 2 is 1.66 bits per heavy atom. The molecule has 0 radical (unpaired) electrons. The maximum atomic E-state index is 14.0. The zero-order valence-corrected chi connectivity index (χ0v) is 19.0. The molecule has 2 N–H and O–H groups in total. The highest BCUT2D eigenvalue weighted by atomic mass is 127. The van der Waals surface area contributed by atoms with E-state index in [4.69, 9.17) is 19.5 Å². The van der Waals surface area contributed by atoms with E-state index in [9.17, 15) is 4.39 Å². The number of benzene rings is 2. The van der Waals surface area contributed by atoms with Crippen LogP contribution in [0.4, 0.5) is 4.39 Å². The van der Waals surface area contributed by atoms with Gasteiger partial charge in [0.2, 0.25) is 5.75 Å². The van der Waals surface area contributed by atoms with Crippen molar-refractivity contribution in [2.75, 3.05) is 28.4 Å². The van der Waals surface area contributed by atoms with Crippen LogP contribution in [0.15, 0.2) is 35.3 Å². The maximum absolute atomic E-state index is 14.0. The van der Waals surface area contributed by atoms with Crippen LogP contribution in [0.2, 0.25) is 0 Å². The summed E-state index contributed by atoms with van der Waals surface area (Å²) in [6, 6.07) is 9.94. The summed E-state index contributed by atoms with van der Waals surface area (Å²) in [4.78, 5) is 4.13. The van der Waals surface area contributed by atoms with Crippen molar-refractivity contribution in [3.05, 3.63) is 52.8 Å². The van der Waals surface area contributed by atoms with E-state index in [0.29, 0.717) is 35.3 Å². The summed E-state index contributed by atoms with van der Waals surface area (Å²) in [5.41, 5.74) is 1.61. The predicted molar refractivity (Wildman–Crippen MR) is 120 cm³/mol. The van der Waals surface area contributed by atoms with Gasteiger partial charge in [0.25, 0.3) is 0 Å². The van der Waals surface area contributed by atoms with Gasteiger partial charge in [0.15, 0.2) is 17.5 Å². The van der Waals surface area contributed by atoms with E-state index in [1.54, 1.807) is 40.5 Å². The molecule has 0 amide bonds. The van der Waals surface area contributed by atoms with Crippen LogP contribution in [0.3, 0.4) is 0 Å². The zero-order chi connectivity index (χ0) is 20.5. The van der Waals surface area contributed by atoms with Crippen molar-refractivity contribution < 1.29 is 18.6 Å². The van der Waals surface area contributed by atoms with E-state index in [-0.39, 0.29) is 36.1 Å². The van der Waals surface area contributed by atoms with E-state index in [0.717, 1.165) is 5.56 Å². The number of nitriles is 1. The van der Waals surface area contributed by atoms with Crippen molar-refractivity contribution >= 4 is 29.9 Å². The Morgan fingerprint density at radius 3 is 2.14 bits per heavy atom. The van der Waals surface area contributed by atoms with Gasteiger partial charge in [0.1, 0.15) is 5.82 Å². The molecule has 2 aromatic rings. The number of rotatable bonds is 7. The molecule has 0 spiro atoms. The SMILES string of the molecule is CN=C(NCc1cc(OC)c(OC)c(OC)c1)NCc1ccc(C#N)cc1F.I. The Kier molecular flexibility index (Phi) is 10.0. The van der Waals surface area contributed by atoms with Gasteiger partial charge in [0, 0.05) is 25.7 Å². The highest BCUT2D eigenvalue weighted by Crippen LogP contribution is 2.38. The van der Waals surface area contributed by atoms with Gasteiger partial charge in [-0.05, 0) is 29.8 Å². The van der Waals surface area contributed by atoms with Crippen molar-refractivity contribution in [3.63, 3.8) is 0 Å². The first-order chi connectivity index (χ1) is 13.6. The number of ether oxygens (including phenoxy) is 3. The molecule has 0 saturated heterocycles. The number of methoxy groups -OCH3 is 3. The van der Waals surface area contributed by atoms with Crippen molar-refractivity contribution in [2.24, 2.45) is 4.99 Å². The Bertz CT molecular complexity index is 875. The van der Waals surface area contributed by atoms with Crippen molar-refractivity contribution in [3.8, 4) is 23.3 Å². The number of nitrogens with zero attached hydrogens (tertiary/aromatic N) is 2. The molecule has 156 valence electrons. The third-order valence-electron chi connectivity index (χ3n) is 4.04. The monoisotopic (exact) mass is 514 g/mol. The Balaban J connectivity index is 0.00000420. The van der Waals surface area contributed by atoms with Gasteiger partial charge >= 0.3 is 0 Å². The highest BCUT2D eigenvalue weighted by Gasteiger charge is 2.13. The second kappa shape index (κ2) is 12.0. The molecule has 0 fully saturated rings. The van der Waals surface area contributed by atoms with Crippen LogP contribution in [0.25, 0.3) is 0 Å². The number of nitrogens with one attached hydrogen (secondary N) is 2. The van der Waals surface area contributed by atoms with Crippen molar-refractivity contribution in [1.29, 1.82) is 5.26 Å². The molecular weight excluding hydrogens is 490 g/mol. The summed E-state index contributed by atoms with van der Waals surface area (Å²) in [7, 11) is 6.29. The summed E-state index contributed by atoms with van der Waals surface area (Å²) in [6.45, 7) is 0.665. The van der Waals surface area contributed by atoms with E-state index >= 15 is 0 Å². The lowest BCUT2D eigenvalue weighted by atomic mass is 10.1. The van der Waals surface area contributed by atoms with Gasteiger partial charge in [-0.15, -0.1) is 24.0 Å². The van der Waals surface area contributed by atoms with E-state index in [1.165, 1.54) is 6.07 Å². The smallest absolute Gasteiger partial charge is 0.203 e. The molecule has 2 rings (SSSR count). The molecule has 0 unspecified atom stereocenters. The normalized spacial score (nSPS) is 10.4. The number of aliphatic imine (C=N–C) groups is 1. The maximum Gasteiger partial charge on any atom is 0.203 e. The standard InChI is InChI=1S/C20H23FN4O3.HI/c1-23-20(25-12-15-6-5-13(10-22)7-16(15)21)24-11-14-8-17(26-2)19(28-4)18(9-14)27-3;/h5-9H,11-12H2,1-4H3,(H2,23,24,25);1H. The number of guanidine groups is 1. The minimum absolute atomic E-state index is 0. The molecule has 7 nitrogen and oxygen atoms in total. The summed E-state index contributed by atoms with van der Waals surface area (Å²) in [5.74, 6) is 1.69. The molecule has 9 heteroatoms. The number of hydrogen-bond acceptors (Lipinski definition) is 5. The van der Waals surface area contributed by atoms with Crippen LogP contribution in [0, 0.1) is 17.1 Å². The van der Waals surface area contributed by atoms with Gasteiger partial charge < -0.3 is 24.8 Å². The molecular formula is C20H24FIN4O3. The Morgan fingerprint density at radius 1 is 1.03 bits per heavy atom. The van der Waals surface area contributed by atoms with E-state index in [2.05, 4.69) is 15.6 Å². The molecule has 0 aliphatic rings. The molecule has 2 aromatic carbocycles. The fourth-order valence-corrected chi connectivity index (χ4v) is 2.58. The predicted octanol–water partition coefficient (Wildman–Crippen LogP) is 3.21. The second-order valence-corrected chi connectivity index (χ2v) is 5.73. The summed E-state index contributed by atoms with van der Waals surface area (Å²) >= 11 is 0. The fraction of sp³-hybridized carbons (Fsp3) is 0.300. The van der Waals surface area contributed by atoms with Crippen LogP contribution in [-0.2, 0) is 13.1 Å². The first-order valence-corrected chi connectivity index (χ1v) is 8.48. The quantitative estimate of drug-likeness (QED) is 0.335. The Hall–Kier alpha value is -2.74. The van der Waals surface area contributed by atoms with Crippen LogP contribution >= 0.6 is 24.0 Å². The van der Waals surface area contributed by atoms with Crippen molar-refractivity contribution in [2.45, 2.75) is 13.1 Å². The minimum Gasteiger partial charge on any atom is -0.493 e. The third kappa shape index (κ3) is 6.39. The molecule has 0 aliphatic heterocycles. The molecule has 0 aliphatic carbocycles. The molecule has 0 saturated carbocycles. The van der Waals surface area contributed by atoms with Crippen LogP contribution in [0.5, 0.6) is 17.2 Å². The first kappa shape index (κ1) is 24.3. The Labute approximate surface area is 186 Å².